The molecule has 0 fully saturated rings. The number of nitrogens with two attached hydrogens (primary N) is 3. The number of nitrogens with zero attached hydrogens (tertiary/aromatic N) is 2. The van der Waals surface area contributed by atoms with E-state index in [2.05, 4.69) is 37.8 Å². The quantitative estimate of drug-likeness (QED) is 0.0397. The van der Waals surface area contributed by atoms with Crippen LogP contribution in [0.1, 0.15) is 121 Å². The lowest BCUT2D eigenvalue weighted by Gasteiger charge is -2.25. The van der Waals surface area contributed by atoms with Crippen molar-refractivity contribution in [3.8, 4) is 0 Å². The number of hydrogen-bond donors (Lipinski definition) is 7. The van der Waals surface area contributed by atoms with Gasteiger partial charge >= 0.3 is 0 Å². The fourth-order valence-electron chi connectivity index (χ4n) is 5.79. The van der Waals surface area contributed by atoms with Gasteiger partial charge in [0, 0.05) is 37.7 Å². The zero-order valence-electron chi connectivity index (χ0n) is 30.0. The SMILES string of the molecule is CCCCCCCCCCCCCCCC(=O)NC(Cc1cnc[nH]1)C(=O)NC(Cc1ccccc1)C(=O)NC(CCCN=C(N)N)C(N)=O. The van der Waals surface area contributed by atoms with Gasteiger partial charge in [0.25, 0.3) is 0 Å². The van der Waals surface area contributed by atoms with Crippen molar-refractivity contribution in [3.05, 3.63) is 54.1 Å². The van der Waals surface area contributed by atoms with Crippen molar-refractivity contribution in [2.45, 2.75) is 141 Å². The highest BCUT2D eigenvalue weighted by Crippen LogP contribution is 2.13. The molecule has 4 amide bonds. The number of amides is 4. The van der Waals surface area contributed by atoms with Gasteiger partial charge in [-0.2, -0.15) is 0 Å². The third-order valence-corrected chi connectivity index (χ3v) is 8.66. The molecule has 0 aliphatic rings. The molecule has 0 aliphatic heterocycles. The van der Waals surface area contributed by atoms with Crippen molar-refractivity contribution in [3.63, 3.8) is 0 Å². The van der Waals surface area contributed by atoms with E-state index in [0.717, 1.165) is 24.8 Å². The van der Waals surface area contributed by atoms with E-state index in [-0.39, 0.29) is 37.7 Å². The Morgan fingerprint density at radius 3 is 1.82 bits per heavy atom. The predicted molar refractivity (Wildman–Crippen MR) is 198 cm³/mol. The Labute approximate surface area is 297 Å². The number of guanidine groups is 1. The first kappa shape index (κ1) is 41.7. The lowest BCUT2D eigenvalue weighted by atomic mass is 10.0. The van der Waals surface area contributed by atoms with Crippen LogP contribution >= 0.6 is 0 Å². The average Bonchev–Trinajstić information content (AvgIpc) is 3.61. The zero-order chi connectivity index (χ0) is 36.4. The van der Waals surface area contributed by atoms with Crippen molar-refractivity contribution in [1.29, 1.82) is 0 Å². The number of hydrogen-bond acceptors (Lipinski definition) is 6. The molecule has 1 aromatic heterocycles. The second-order valence-electron chi connectivity index (χ2n) is 13.1. The van der Waals surface area contributed by atoms with Crippen LogP contribution in [0.5, 0.6) is 0 Å². The van der Waals surface area contributed by atoms with Gasteiger partial charge in [-0.3, -0.25) is 24.2 Å². The highest BCUT2D eigenvalue weighted by Gasteiger charge is 2.29. The Balaban J connectivity index is 1.94. The molecule has 0 bridgehead atoms. The Morgan fingerprint density at radius 2 is 1.28 bits per heavy atom. The minimum absolute atomic E-state index is 0.0728. The summed E-state index contributed by atoms with van der Waals surface area (Å²) in [7, 11) is 0. The van der Waals surface area contributed by atoms with Gasteiger partial charge < -0.3 is 38.1 Å². The fraction of sp³-hybridized carbons (Fsp3) is 0.622. The summed E-state index contributed by atoms with van der Waals surface area (Å²) >= 11 is 0. The molecule has 1 aromatic carbocycles. The van der Waals surface area contributed by atoms with E-state index in [0.29, 0.717) is 18.5 Å². The van der Waals surface area contributed by atoms with Crippen LogP contribution in [0.25, 0.3) is 0 Å². The van der Waals surface area contributed by atoms with Crippen molar-refractivity contribution < 1.29 is 19.2 Å². The number of unbranched alkanes of at least 4 members (excludes halogenated alkanes) is 12. The number of aromatic nitrogens is 2. The number of aromatic amines is 1. The highest BCUT2D eigenvalue weighted by molar-refractivity contribution is 5.94. The predicted octanol–water partition coefficient (Wildman–Crippen LogP) is 3.67. The van der Waals surface area contributed by atoms with Crippen LogP contribution in [-0.4, -0.2) is 64.2 Å². The molecular weight excluding hydrogens is 634 g/mol. The maximum Gasteiger partial charge on any atom is 0.243 e. The van der Waals surface area contributed by atoms with Crippen molar-refractivity contribution in [2.24, 2.45) is 22.2 Å². The Bertz CT molecular complexity index is 1270. The van der Waals surface area contributed by atoms with E-state index in [1.807, 2.05) is 30.3 Å². The monoisotopic (exact) mass is 695 g/mol. The van der Waals surface area contributed by atoms with Gasteiger partial charge in [-0.1, -0.05) is 114 Å². The number of rotatable bonds is 28. The Kier molecular flexibility index (Phi) is 21.3. The van der Waals surface area contributed by atoms with Gasteiger partial charge in [0.1, 0.15) is 18.1 Å². The summed E-state index contributed by atoms with van der Waals surface area (Å²) in [5, 5.41) is 8.37. The minimum Gasteiger partial charge on any atom is -0.370 e. The van der Waals surface area contributed by atoms with Crippen LogP contribution in [0.15, 0.2) is 47.8 Å². The van der Waals surface area contributed by atoms with Crippen LogP contribution in [0.3, 0.4) is 0 Å². The largest absolute Gasteiger partial charge is 0.370 e. The smallest absolute Gasteiger partial charge is 0.243 e. The second kappa shape index (κ2) is 25.5. The molecule has 0 saturated heterocycles. The zero-order valence-corrected chi connectivity index (χ0v) is 30.0. The molecule has 2 rings (SSSR count). The molecule has 10 N–H and O–H groups in total. The Morgan fingerprint density at radius 1 is 0.720 bits per heavy atom. The maximum absolute atomic E-state index is 13.7. The van der Waals surface area contributed by atoms with Crippen LogP contribution in [0.2, 0.25) is 0 Å². The van der Waals surface area contributed by atoms with Crippen molar-refractivity contribution >= 4 is 29.6 Å². The molecule has 13 nitrogen and oxygen atoms in total. The summed E-state index contributed by atoms with van der Waals surface area (Å²) < 4.78 is 0. The summed E-state index contributed by atoms with van der Waals surface area (Å²) in [4.78, 5) is 63.4. The minimum atomic E-state index is -1.05. The Hall–Kier alpha value is -4.42. The number of carbonyl (C=O) groups is 4. The average molecular weight is 696 g/mol. The van der Waals surface area contributed by atoms with Crippen LogP contribution in [-0.2, 0) is 32.0 Å². The van der Waals surface area contributed by atoms with Crippen molar-refractivity contribution in [1.82, 2.24) is 25.9 Å². The van der Waals surface area contributed by atoms with E-state index in [4.69, 9.17) is 17.2 Å². The number of aliphatic imine (C=N–C) groups is 1. The summed E-state index contributed by atoms with van der Waals surface area (Å²) in [6, 6.07) is 6.20. The van der Waals surface area contributed by atoms with E-state index in [9.17, 15) is 19.2 Å². The topological polar surface area (TPSA) is 223 Å². The van der Waals surface area contributed by atoms with E-state index >= 15 is 0 Å². The molecule has 2 aromatic rings. The summed E-state index contributed by atoms with van der Waals surface area (Å²) in [5.74, 6) is -2.13. The molecule has 278 valence electrons. The van der Waals surface area contributed by atoms with Crippen LogP contribution in [0.4, 0.5) is 0 Å². The molecule has 1 heterocycles. The van der Waals surface area contributed by atoms with E-state index in [1.165, 1.54) is 70.5 Å². The van der Waals surface area contributed by atoms with Crippen molar-refractivity contribution in [2.75, 3.05) is 6.54 Å². The number of H-pyrrole nitrogens is 1. The summed E-state index contributed by atoms with van der Waals surface area (Å²) in [5.41, 5.74) is 17.8. The molecule has 50 heavy (non-hydrogen) atoms. The number of nitrogens with one attached hydrogen (secondary N) is 4. The first-order valence-corrected chi connectivity index (χ1v) is 18.5. The van der Waals surface area contributed by atoms with E-state index in [1.54, 1.807) is 6.20 Å². The van der Waals surface area contributed by atoms with Gasteiger partial charge in [0.05, 0.1) is 6.33 Å². The maximum atomic E-state index is 13.7. The first-order chi connectivity index (χ1) is 24.2. The number of benzene rings is 1. The van der Waals surface area contributed by atoms with Crippen LogP contribution in [0, 0.1) is 0 Å². The van der Waals surface area contributed by atoms with Crippen LogP contribution < -0.4 is 33.2 Å². The fourth-order valence-corrected chi connectivity index (χ4v) is 5.79. The first-order valence-electron chi connectivity index (χ1n) is 18.5. The summed E-state index contributed by atoms with van der Waals surface area (Å²) in [6.07, 6.45) is 20.0. The molecule has 13 heteroatoms. The summed E-state index contributed by atoms with van der Waals surface area (Å²) in [6.45, 7) is 2.51. The number of imidazole rings is 1. The van der Waals surface area contributed by atoms with Gasteiger partial charge in [-0.15, -0.1) is 0 Å². The van der Waals surface area contributed by atoms with Gasteiger partial charge in [0.2, 0.25) is 23.6 Å². The molecule has 0 saturated carbocycles. The standard InChI is InChI=1S/C37H61N9O4/c1-2-3-4-5-6-7-8-9-10-11-12-13-17-22-33(47)44-32(25-29-26-41-27-43-29)36(50)46-31(24-28-19-15-14-16-20-28)35(49)45-30(34(38)48)21-18-23-42-37(39)40/h14-16,19-20,26-27,30-32H,2-13,17-18,21-25H2,1H3,(H2,38,48)(H,41,43)(H,44,47)(H,45,49)(H,46,50)(H4,39,40,42). The molecule has 0 aliphatic carbocycles. The number of primary amides is 1. The molecular formula is C37H61N9O4. The second-order valence-corrected chi connectivity index (χ2v) is 13.1. The molecule has 0 radical (unpaired) electrons. The number of carbonyl (C=O) groups excluding carboxylic acids is 4. The van der Waals surface area contributed by atoms with E-state index < -0.39 is 35.8 Å². The van der Waals surface area contributed by atoms with Gasteiger partial charge in [-0.05, 0) is 24.8 Å². The third kappa shape index (κ3) is 18.9. The van der Waals surface area contributed by atoms with Gasteiger partial charge in [-0.25, -0.2) is 4.98 Å². The highest BCUT2D eigenvalue weighted by atomic mass is 16.2. The normalized spacial score (nSPS) is 12.7. The third-order valence-electron chi connectivity index (χ3n) is 8.66. The lowest BCUT2D eigenvalue weighted by molar-refractivity contribution is -0.133. The molecule has 0 spiro atoms. The molecule has 3 atom stereocenters. The molecule has 3 unspecified atom stereocenters. The van der Waals surface area contributed by atoms with Gasteiger partial charge in [0.15, 0.2) is 5.96 Å². The lowest BCUT2D eigenvalue weighted by Crippen LogP contribution is -2.57.